The van der Waals surface area contributed by atoms with Gasteiger partial charge >= 0.3 is 0 Å². The number of hydrogen-bond acceptors (Lipinski definition) is 4. The molecule has 2 saturated heterocycles. The Kier molecular flexibility index (Phi) is 5.81. The van der Waals surface area contributed by atoms with E-state index in [1.165, 1.54) is 10.6 Å². The lowest BCUT2D eigenvalue weighted by Crippen LogP contribution is -2.71. The number of nitrogens with zero attached hydrogens (tertiary/aromatic N) is 4. The van der Waals surface area contributed by atoms with Gasteiger partial charge in [0.15, 0.2) is 0 Å². The zero-order valence-corrected chi connectivity index (χ0v) is 17.1. The van der Waals surface area contributed by atoms with Gasteiger partial charge < -0.3 is 9.80 Å². The van der Waals surface area contributed by atoms with E-state index in [1.54, 1.807) is 21.9 Å². The Labute approximate surface area is 176 Å². The van der Waals surface area contributed by atoms with Crippen LogP contribution in [-0.2, 0) is 20.8 Å². The van der Waals surface area contributed by atoms with Crippen LogP contribution in [0.2, 0.25) is 0 Å². The normalized spacial score (nSPS) is 22.2. The van der Waals surface area contributed by atoms with Crippen LogP contribution in [0.25, 0.3) is 0 Å². The van der Waals surface area contributed by atoms with Gasteiger partial charge in [-0.15, -0.1) is 0 Å². The van der Waals surface area contributed by atoms with Gasteiger partial charge in [-0.3, -0.25) is 19.4 Å². The molecule has 0 bridgehead atoms. The Hall–Kier alpha value is -3.19. The molecule has 0 radical (unpaired) electrons. The fourth-order valence-electron chi connectivity index (χ4n) is 4.36. The van der Waals surface area contributed by atoms with Gasteiger partial charge in [-0.05, 0) is 24.0 Å². The molecule has 2 aliphatic rings. The topological polar surface area (TPSA) is 64.2 Å². The van der Waals surface area contributed by atoms with E-state index in [-0.39, 0.29) is 18.4 Å². The molecule has 0 N–H and O–H groups in total. The van der Waals surface area contributed by atoms with E-state index in [4.69, 9.17) is 0 Å². The zero-order chi connectivity index (χ0) is 21.1. The van der Waals surface area contributed by atoms with E-state index >= 15 is 0 Å². The minimum absolute atomic E-state index is 0.0693. The zero-order valence-electron chi connectivity index (χ0n) is 17.1. The first kappa shape index (κ1) is 20.1. The second-order valence-corrected chi connectivity index (χ2v) is 7.77. The number of hydrazine groups is 1. The number of rotatable bonds is 6. The second-order valence-electron chi connectivity index (χ2n) is 7.77. The van der Waals surface area contributed by atoms with Gasteiger partial charge in [0.05, 0.1) is 13.1 Å². The monoisotopic (exact) mass is 406 g/mol. The molecule has 0 aromatic heterocycles. The highest BCUT2D eigenvalue weighted by atomic mass is 16.2. The summed E-state index contributed by atoms with van der Waals surface area (Å²) in [4.78, 5) is 41.5. The summed E-state index contributed by atoms with van der Waals surface area (Å²) >= 11 is 0. The second kappa shape index (κ2) is 8.67. The molecule has 2 aromatic carbocycles. The van der Waals surface area contributed by atoms with Crippen molar-refractivity contribution in [3.63, 3.8) is 0 Å². The van der Waals surface area contributed by atoms with E-state index in [9.17, 15) is 14.4 Å². The summed E-state index contributed by atoms with van der Waals surface area (Å²) < 4.78 is 0. The van der Waals surface area contributed by atoms with Crippen molar-refractivity contribution in [2.45, 2.75) is 25.0 Å². The van der Waals surface area contributed by atoms with Gasteiger partial charge in [0.25, 0.3) is 0 Å². The third kappa shape index (κ3) is 3.80. The van der Waals surface area contributed by atoms with E-state index in [1.807, 2.05) is 48.5 Å². The first-order valence-corrected chi connectivity index (χ1v) is 10.2. The summed E-state index contributed by atoms with van der Waals surface area (Å²) in [6.45, 7) is 0.956. The fourth-order valence-corrected chi connectivity index (χ4v) is 4.36. The van der Waals surface area contributed by atoms with Crippen LogP contribution in [0, 0.1) is 0 Å². The third-order valence-corrected chi connectivity index (χ3v) is 5.84. The van der Waals surface area contributed by atoms with E-state index in [0.717, 1.165) is 24.8 Å². The highest BCUT2D eigenvalue weighted by molar-refractivity contribution is 5.91. The summed E-state index contributed by atoms with van der Waals surface area (Å²) in [5, 5.41) is 3.14. The van der Waals surface area contributed by atoms with Crippen molar-refractivity contribution < 1.29 is 14.4 Å². The van der Waals surface area contributed by atoms with Gasteiger partial charge in [0.2, 0.25) is 18.2 Å². The van der Waals surface area contributed by atoms with Crippen LogP contribution in [0.5, 0.6) is 0 Å². The minimum Gasteiger partial charge on any atom is -0.337 e. The molecule has 1 unspecified atom stereocenters. The Morgan fingerprint density at radius 3 is 2.33 bits per heavy atom. The van der Waals surface area contributed by atoms with Crippen molar-refractivity contribution in [3.8, 4) is 0 Å². The number of fused-ring (bicyclic) bond motifs is 1. The molecule has 0 aliphatic carbocycles. The molecule has 0 saturated carbocycles. The number of likely N-dealkylation sites (N-methyl/N-ethyl adjacent to an activating group) is 1. The molecule has 0 spiro atoms. The molecular formula is C23H26N4O3. The highest BCUT2D eigenvalue weighted by Gasteiger charge is 2.49. The minimum atomic E-state index is -0.717. The van der Waals surface area contributed by atoms with Crippen molar-refractivity contribution in [2.24, 2.45) is 0 Å². The van der Waals surface area contributed by atoms with Crippen LogP contribution in [0.1, 0.15) is 23.6 Å². The third-order valence-electron chi connectivity index (χ3n) is 5.84. The molecule has 7 heteroatoms. The highest BCUT2D eigenvalue weighted by Crippen LogP contribution is 2.33. The largest absolute Gasteiger partial charge is 0.337 e. The lowest BCUT2D eigenvalue weighted by Gasteiger charge is -2.53. The van der Waals surface area contributed by atoms with Crippen LogP contribution in [-0.4, -0.2) is 70.9 Å². The molecule has 4 rings (SSSR count). The summed E-state index contributed by atoms with van der Waals surface area (Å²) in [5.74, 6) is -0.235. The molecule has 7 nitrogen and oxygen atoms in total. The Morgan fingerprint density at radius 2 is 1.67 bits per heavy atom. The lowest BCUT2D eigenvalue weighted by atomic mass is 9.98. The summed E-state index contributed by atoms with van der Waals surface area (Å²) in [5.41, 5.74) is 1.99. The van der Waals surface area contributed by atoms with E-state index in [0.29, 0.717) is 13.1 Å². The van der Waals surface area contributed by atoms with Crippen LogP contribution < -0.4 is 0 Å². The average molecular weight is 406 g/mol. The molecule has 2 heterocycles. The SMILES string of the molecule is CN1CC(=O)N2C(CN(CCCc3ccccc3)C(=O)[C@@H]2c2ccccc2)N1C=O. The van der Waals surface area contributed by atoms with E-state index in [2.05, 4.69) is 12.1 Å². The van der Waals surface area contributed by atoms with Gasteiger partial charge in [-0.2, -0.15) is 0 Å². The predicted molar refractivity (Wildman–Crippen MR) is 112 cm³/mol. The quantitative estimate of drug-likeness (QED) is 0.685. The van der Waals surface area contributed by atoms with Crippen molar-refractivity contribution in [2.75, 3.05) is 26.7 Å². The predicted octanol–water partition coefficient (Wildman–Crippen LogP) is 1.68. The maximum absolute atomic E-state index is 13.5. The fraction of sp³-hybridized carbons (Fsp3) is 0.348. The first-order chi connectivity index (χ1) is 14.6. The maximum Gasteiger partial charge on any atom is 0.250 e. The number of hydrogen-bond donors (Lipinski definition) is 0. The van der Waals surface area contributed by atoms with Crippen molar-refractivity contribution in [1.29, 1.82) is 0 Å². The van der Waals surface area contributed by atoms with Gasteiger partial charge in [0.1, 0.15) is 12.2 Å². The molecule has 2 atom stereocenters. The van der Waals surface area contributed by atoms with Gasteiger partial charge in [-0.1, -0.05) is 60.7 Å². The number of carbonyl (C=O) groups excluding carboxylic acids is 3. The smallest absolute Gasteiger partial charge is 0.250 e. The van der Waals surface area contributed by atoms with Crippen LogP contribution in [0.3, 0.4) is 0 Å². The Bertz CT molecular complexity index is 905. The molecular weight excluding hydrogens is 380 g/mol. The molecule has 30 heavy (non-hydrogen) atoms. The summed E-state index contributed by atoms with van der Waals surface area (Å²) in [7, 11) is 1.72. The number of benzene rings is 2. The van der Waals surface area contributed by atoms with Gasteiger partial charge in [0, 0.05) is 13.6 Å². The van der Waals surface area contributed by atoms with Crippen LogP contribution in [0.15, 0.2) is 60.7 Å². The summed E-state index contributed by atoms with van der Waals surface area (Å²) in [6, 6.07) is 18.8. The van der Waals surface area contributed by atoms with Crippen molar-refractivity contribution >= 4 is 18.2 Å². The van der Waals surface area contributed by atoms with Crippen LogP contribution in [0.4, 0.5) is 0 Å². The Balaban J connectivity index is 1.60. The molecule has 2 aromatic rings. The van der Waals surface area contributed by atoms with E-state index < -0.39 is 12.2 Å². The molecule has 2 fully saturated rings. The average Bonchev–Trinajstić information content (AvgIpc) is 2.76. The number of amides is 3. The molecule has 156 valence electrons. The number of piperazine rings is 1. The summed E-state index contributed by atoms with van der Waals surface area (Å²) in [6.07, 6.45) is 1.91. The van der Waals surface area contributed by atoms with Crippen molar-refractivity contribution in [3.05, 3.63) is 71.8 Å². The van der Waals surface area contributed by atoms with Crippen molar-refractivity contribution in [1.82, 2.24) is 19.8 Å². The van der Waals surface area contributed by atoms with Crippen LogP contribution >= 0.6 is 0 Å². The maximum atomic E-state index is 13.5. The molecule has 2 aliphatic heterocycles. The van der Waals surface area contributed by atoms with Gasteiger partial charge in [-0.25, -0.2) is 5.01 Å². The molecule has 3 amide bonds. The standard InChI is InChI=1S/C23H26N4O3/c1-24-16-21(29)27-20(26(24)17-28)15-25(14-8-11-18-9-4-2-5-10-18)23(30)22(27)19-12-6-3-7-13-19/h2-7,9-10,12-13,17,20,22H,8,11,14-16H2,1H3/t20?,22-/m0/s1. The first-order valence-electron chi connectivity index (χ1n) is 10.2. The Morgan fingerprint density at radius 1 is 1.00 bits per heavy atom. The lowest BCUT2D eigenvalue weighted by molar-refractivity contribution is -0.197. The number of aryl methyl sites for hydroxylation is 1. The number of carbonyl (C=O) groups is 3.